The normalized spacial score (nSPS) is 20.5. The highest BCUT2D eigenvalue weighted by Gasteiger charge is 2.34. The van der Waals surface area contributed by atoms with E-state index in [1.807, 2.05) is 13.0 Å². The van der Waals surface area contributed by atoms with E-state index in [1.165, 1.54) is 25.5 Å². The Kier molecular flexibility index (Phi) is 6.26. The van der Waals surface area contributed by atoms with Crippen LogP contribution in [0.2, 0.25) is 0 Å². The molecule has 0 aromatic heterocycles. The lowest BCUT2D eigenvalue weighted by Crippen LogP contribution is -2.45. The summed E-state index contributed by atoms with van der Waals surface area (Å²) < 4.78 is 35.9. The summed E-state index contributed by atoms with van der Waals surface area (Å²) in [5, 5.41) is 5.54. The molecule has 25 heavy (non-hydrogen) atoms. The van der Waals surface area contributed by atoms with E-state index in [-0.39, 0.29) is 24.3 Å². The Bertz CT molecular complexity index is 720. The minimum absolute atomic E-state index is 0.0707. The number of sulfonamides is 1. The van der Waals surface area contributed by atoms with E-state index in [0.29, 0.717) is 18.0 Å². The van der Waals surface area contributed by atoms with Gasteiger partial charge in [0.2, 0.25) is 10.0 Å². The maximum Gasteiger partial charge on any atom is 0.319 e. The highest BCUT2D eigenvalue weighted by molar-refractivity contribution is 7.89. The van der Waals surface area contributed by atoms with Gasteiger partial charge in [0.05, 0.1) is 37.8 Å². The Morgan fingerprint density at radius 2 is 2.08 bits per heavy atom. The zero-order valence-electron chi connectivity index (χ0n) is 14.9. The van der Waals surface area contributed by atoms with E-state index in [1.54, 1.807) is 12.1 Å². The SMILES string of the molecule is COc1ccc(C)cc1NC(=O)N[C@H]1COC[C@H]1CS(=O)(=O)N(C)C. The molecule has 1 aliphatic heterocycles. The predicted octanol–water partition coefficient (Wildman–Crippen LogP) is 1.03. The van der Waals surface area contributed by atoms with Crippen LogP contribution in [0.25, 0.3) is 0 Å². The topological polar surface area (TPSA) is 97.0 Å². The van der Waals surface area contributed by atoms with Crippen molar-refractivity contribution in [2.24, 2.45) is 5.92 Å². The molecule has 0 bridgehead atoms. The van der Waals surface area contributed by atoms with Gasteiger partial charge in [-0.2, -0.15) is 0 Å². The number of aryl methyl sites for hydroxylation is 1. The first-order chi connectivity index (χ1) is 11.7. The molecule has 140 valence electrons. The number of hydrogen-bond donors (Lipinski definition) is 2. The fourth-order valence-electron chi connectivity index (χ4n) is 2.59. The molecule has 2 N–H and O–H groups in total. The summed E-state index contributed by atoms with van der Waals surface area (Å²) >= 11 is 0. The van der Waals surface area contributed by atoms with Crippen molar-refractivity contribution >= 4 is 21.7 Å². The molecule has 2 atom stereocenters. The first kappa shape index (κ1) is 19.5. The Morgan fingerprint density at radius 3 is 2.72 bits per heavy atom. The van der Waals surface area contributed by atoms with Gasteiger partial charge < -0.3 is 20.1 Å². The number of ether oxygens (including phenoxy) is 2. The third-order valence-corrected chi connectivity index (χ3v) is 6.06. The van der Waals surface area contributed by atoms with E-state index in [0.717, 1.165) is 5.56 Å². The van der Waals surface area contributed by atoms with Crippen molar-refractivity contribution in [1.29, 1.82) is 0 Å². The van der Waals surface area contributed by atoms with Crippen LogP contribution in [0.3, 0.4) is 0 Å². The monoisotopic (exact) mass is 371 g/mol. The number of carbonyl (C=O) groups is 1. The molecule has 0 radical (unpaired) electrons. The molecule has 1 aromatic rings. The van der Waals surface area contributed by atoms with E-state index < -0.39 is 16.1 Å². The predicted molar refractivity (Wildman–Crippen MR) is 95.5 cm³/mol. The summed E-state index contributed by atoms with van der Waals surface area (Å²) in [6.07, 6.45) is 0. The van der Waals surface area contributed by atoms with Gasteiger partial charge >= 0.3 is 6.03 Å². The minimum Gasteiger partial charge on any atom is -0.495 e. The smallest absolute Gasteiger partial charge is 0.319 e. The third kappa shape index (κ3) is 5.07. The highest BCUT2D eigenvalue weighted by atomic mass is 32.2. The van der Waals surface area contributed by atoms with Gasteiger partial charge in [0, 0.05) is 20.0 Å². The zero-order valence-corrected chi connectivity index (χ0v) is 15.7. The number of benzene rings is 1. The summed E-state index contributed by atoms with van der Waals surface area (Å²) in [5.41, 5.74) is 1.53. The lowest BCUT2D eigenvalue weighted by Gasteiger charge is -2.21. The van der Waals surface area contributed by atoms with Crippen molar-refractivity contribution in [2.45, 2.75) is 13.0 Å². The molecule has 0 spiro atoms. The molecule has 1 fully saturated rings. The van der Waals surface area contributed by atoms with Crippen LogP contribution < -0.4 is 15.4 Å². The summed E-state index contributed by atoms with van der Waals surface area (Å²) in [6.45, 7) is 2.49. The number of methoxy groups -OCH3 is 1. The molecular weight excluding hydrogens is 346 g/mol. The molecule has 0 aliphatic carbocycles. The van der Waals surface area contributed by atoms with Gasteiger partial charge in [0.15, 0.2) is 0 Å². The van der Waals surface area contributed by atoms with E-state index >= 15 is 0 Å². The number of rotatable bonds is 6. The summed E-state index contributed by atoms with van der Waals surface area (Å²) in [4.78, 5) is 12.3. The number of anilines is 1. The van der Waals surface area contributed by atoms with E-state index in [9.17, 15) is 13.2 Å². The second-order valence-corrected chi connectivity index (χ2v) is 8.49. The average molecular weight is 371 g/mol. The number of urea groups is 1. The molecule has 0 saturated carbocycles. The molecule has 1 aliphatic rings. The maximum atomic E-state index is 12.3. The van der Waals surface area contributed by atoms with E-state index in [2.05, 4.69) is 10.6 Å². The van der Waals surface area contributed by atoms with Crippen molar-refractivity contribution in [3.05, 3.63) is 23.8 Å². The standard InChI is InChI=1S/C16H25N3O5S/c1-11-5-6-15(23-4)13(7-11)17-16(20)18-14-9-24-8-12(14)10-25(21,22)19(2)3/h5-7,12,14H,8-10H2,1-4H3,(H2,17,18,20)/t12-,14-/m0/s1. The number of carbonyl (C=O) groups excluding carboxylic acids is 1. The fourth-order valence-corrected chi connectivity index (χ4v) is 3.76. The number of amides is 2. The zero-order chi connectivity index (χ0) is 18.6. The van der Waals surface area contributed by atoms with Gasteiger partial charge in [-0.15, -0.1) is 0 Å². The van der Waals surface area contributed by atoms with Gasteiger partial charge in [-0.25, -0.2) is 17.5 Å². The lowest BCUT2D eigenvalue weighted by atomic mass is 10.1. The van der Waals surface area contributed by atoms with Crippen LogP contribution in [0.4, 0.5) is 10.5 Å². The quantitative estimate of drug-likeness (QED) is 0.779. The van der Waals surface area contributed by atoms with Gasteiger partial charge in [0.1, 0.15) is 5.75 Å². The van der Waals surface area contributed by atoms with Crippen LogP contribution in [0.5, 0.6) is 5.75 Å². The molecule has 1 saturated heterocycles. The van der Waals surface area contributed by atoms with E-state index in [4.69, 9.17) is 9.47 Å². The first-order valence-electron chi connectivity index (χ1n) is 7.93. The van der Waals surface area contributed by atoms with Gasteiger partial charge in [-0.3, -0.25) is 0 Å². The average Bonchev–Trinajstić information content (AvgIpc) is 2.93. The van der Waals surface area contributed by atoms with Gasteiger partial charge in [-0.1, -0.05) is 6.07 Å². The van der Waals surface area contributed by atoms with Crippen molar-refractivity contribution < 1.29 is 22.7 Å². The first-order valence-corrected chi connectivity index (χ1v) is 9.54. The Balaban J connectivity index is 2.01. The van der Waals surface area contributed by atoms with Crippen LogP contribution in [0.1, 0.15) is 5.56 Å². The molecule has 1 heterocycles. The summed E-state index contributed by atoms with van der Waals surface area (Å²) in [7, 11) is 1.15. The largest absolute Gasteiger partial charge is 0.495 e. The molecule has 9 heteroatoms. The lowest BCUT2D eigenvalue weighted by molar-refractivity contribution is 0.184. The summed E-state index contributed by atoms with van der Waals surface area (Å²) in [5.74, 6) is 0.186. The third-order valence-electron chi connectivity index (χ3n) is 4.10. The van der Waals surface area contributed by atoms with Crippen molar-refractivity contribution in [1.82, 2.24) is 9.62 Å². The number of hydrogen-bond acceptors (Lipinski definition) is 5. The van der Waals surface area contributed by atoms with Crippen LogP contribution >= 0.6 is 0 Å². The van der Waals surface area contributed by atoms with Crippen LogP contribution in [0.15, 0.2) is 18.2 Å². The second kappa shape index (κ2) is 8.03. The van der Waals surface area contributed by atoms with Crippen molar-refractivity contribution in [2.75, 3.05) is 45.5 Å². The Hall–Kier alpha value is -1.84. The maximum absolute atomic E-state index is 12.3. The molecule has 1 aromatic carbocycles. The summed E-state index contributed by atoms with van der Waals surface area (Å²) in [6, 6.07) is 4.67. The second-order valence-electron chi connectivity index (χ2n) is 6.27. The minimum atomic E-state index is -3.36. The van der Waals surface area contributed by atoms with Crippen LogP contribution in [0, 0.1) is 12.8 Å². The van der Waals surface area contributed by atoms with Crippen molar-refractivity contribution in [3.63, 3.8) is 0 Å². The Labute approximate surface area is 148 Å². The highest BCUT2D eigenvalue weighted by Crippen LogP contribution is 2.25. The Morgan fingerprint density at radius 1 is 1.36 bits per heavy atom. The molecule has 0 unspecified atom stereocenters. The van der Waals surface area contributed by atoms with Crippen LogP contribution in [-0.2, 0) is 14.8 Å². The fraction of sp³-hybridized carbons (Fsp3) is 0.562. The number of nitrogens with zero attached hydrogens (tertiary/aromatic N) is 1. The van der Waals surface area contributed by atoms with Gasteiger partial charge in [0.25, 0.3) is 0 Å². The molecular formula is C16H25N3O5S. The molecule has 2 rings (SSSR count). The van der Waals surface area contributed by atoms with Crippen LogP contribution in [-0.4, -0.2) is 65.0 Å². The molecule has 2 amide bonds. The number of nitrogens with one attached hydrogen (secondary N) is 2. The molecule has 8 nitrogen and oxygen atoms in total. The van der Waals surface area contributed by atoms with Gasteiger partial charge in [-0.05, 0) is 24.6 Å². The van der Waals surface area contributed by atoms with Crippen molar-refractivity contribution in [3.8, 4) is 5.75 Å².